The SMILES string of the molecule is N#CCOc1cccc(NC(=O)c2ccc(F)cn2)c1. The third-order valence-electron chi connectivity index (χ3n) is 2.36. The van der Waals surface area contributed by atoms with Gasteiger partial charge in [0.1, 0.15) is 23.3 Å². The number of carbonyl (C=O) groups excluding carboxylic acids is 1. The highest BCUT2D eigenvalue weighted by Crippen LogP contribution is 2.17. The minimum absolute atomic E-state index is 0.0725. The smallest absolute Gasteiger partial charge is 0.274 e. The molecule has 1 N–H and O–H groups in total. The molecule has 6 heteroatoms. The van der Waals surface area contributed by atoms with Crippen molar-refractivity contribution < 1.29 is 13.9 Å². The van der Waals surface area contributed by atoms with Gasteiger partial charge in [-0.1, -0.05) is 6.07 Å². The molecule has 5 nitrogen and oxygen atoms in total. The van der Waals surface area contributed by atoms with Crippen LogP contribution in [0.3, 0.4) is 0 Å². The van der Waals surface area contributed by atoms with E-state index < -0.39 is 11.7 Å². The van der Waals surface area contributed by atoms with Gasteiger partial charge in [0.25, 0.3) is 5.91 Å². The van der Waals surface area contributed by atoms with Crippen molar-refractivity contribution in [2.24, 2.45) is 0 Å². The van der Waals surface area contributed by atoms with Gasteiger partial charge in [0, 0.05) is 11.8 Å². The molecule has 100 valence electrons. The highest BCUT2D eigenvalue weighted by molar-refractivity contribution is 6.02. The van der Waals surface area contributed by atoms with E-state index in [1.165, 1.54) is 6.07 Å². The summed E-state index contributed by atoms with van der Waals surface area (Å²) in [6, 6.07) is 10.9. The number of anilines is 1. The van der Waals surface area contributed by atoms with E-state index in [2.05, 4.69) is 10.3 Å². The van der Waals surface area contributed by atoms with Gasteiger partial charge in [-0.3, -0.25) is 4.79 Å². The van der Waals surface area contributed by atoms with Gasteiger partial charge in [0.2, 0.25) is 0 Å². The molecule has 0 fully saturated rings. The number of nitrogens with zero attached hydrogens (tertiary/aromatic N) is 2. The van der Waals surface area contributed by atoms with Crippen molar-refractivity contribution in [3.05, 3.63) is 54.1 Å². The molecule has 0 aliphatic rings. The summed E-state index contributed by atoms with van der Waals surface area (Å²) in [5.41, 5.74) is 0.603. The molecule has 2 rings (SSSR count). The number of nitrogens with one attached hydrogen (secondary N) is 1. The topological polar surface area (TPSA) is 75.0 Å². The standard InChI is InChI=1S/C14H10FN3O2/c15-10-4-5-13(17-9-10)14(19)18-11-2-1-3-12(8-11)20-7-6-16/h1-5,8-9H,7H2,(H,18,19). The van der Waals surface area contributed by atoms with Gasteiger partial charge in [-0.15, -0.1) is 0 Å². The first-order chi connectivity index (χ1) is 9.69. The lowest BCUT2D eigenvalue weighted by atomic mass is 10.2. The maximum absolute atomic E-state index is 12.7. The molecule has 1 aromatic heterocycles. The predicted molar refractivity (Wildman–Crippen MR) is 69.7 cm³/mol. The lowest BCUT2D eigenvalue weighted by molar-refractivity contribution is 0.102. The average Bonchev–Trinajstić information content (AvgIpc) is 2.46. The predicted octanol–water partition coefficient (Wildman–Crippen LogP) is 2.38. The van der Waals surface area contributed by atoms with Crippen LogP contribution in [0, 0.1) is 17.1 Å². The lowest BCUT2D eigenvalue weighted by Crippen LogP contribution is -2.13. The monoisotopic (exact) mass is 271 g/mol. The minimum atomic E-state index is -0.506. The zero-order valence-corrected chi connectivity index (χ0v) is 10.3. The van der Waals surface area contributed by atoms with Gasteiger partial charge in [0.15, 0.2) is 6.61 Å². The summed E-state index contributed by atoms with van der Waals surface area (Å²) in [4.78, 5) is 15.5. The highest BCUT2D eigenvalue weighted by atomic mass is 19.1. The van der Waals surface area contributed by atoms with Crippen molar-refractivity contribution in [2.75, 3.05) is 11.9 Å². The van der Waals surface area contributed by atoms with Crippen LogP contribution in [0.5, 0.6) is 5.75 Å². The summed E-state index contributed by atoms with van der Waals surface area (Å²) >= 11 is 0. The molecule has 20 heavy (non-hydrogen) atoms. The number of hydrogen-bond acceptors (Lipinski definition) is 4. The fourth-order valence-corrected chi connectivity index (χ4v) is 1.48. The quantitative estimate of drug-likeness (QED) is 0.926. The molecule has 0 radical (unpaired) electrons. The first-order valence-corrected chi connectivity index (χ1v) is 5.72. The van der Waals surface area contributed by atoms with Gasteiger partial charge in [0.05, 0.1) is 6.20 Å². The molecule has 0 aliphatic carbocycles. The number of hydrogen-bond donors (Lipinski definition) is 1. The van der Waals surface area contributed by atoms with Crippen molar-refractivity contribution in [2.45, 2.75) is 0 Å². The van der Waals surface area contributed by atoms with Crippen LogP contribution >= 0.6 is 0 Å². The van der Waals surface area contributed by atoms with Gasteiger partial charge in [-0.25, -0.2) is 9.37 Å². The second-order valence-corrected chi connectivity index (χ2v) is 3.79. The van der Waals surface area contributed by atoms with E-state index in [4.69, 9.17) is 10.00 Å². The number of nitriles is 1. The second kappa shape index (κ2) is 6.29. The van der Waals surface area contributed by atoms with E-state index >= 15 is 0 Å². The first kappa shape index (κ1) is 13.5. The molecule has 0 saturated heterocycles. The van der Waals surface area contributed by atoms with E-state index in [0.29, 0.717) is 11.4 Å². The number of aromatic nitrogens is 1. The van der Waals surface area contributed by atoms with Crippen LogP contribution in [0.4, 0.5) is 10.1 Å². The van der Waals surface area contributed by atoms with Gasteiger partial charge >= 0.3 is 0 Å². The van der Waals surface area contributed by atoms with Crippen molar-refractivity contribution in [3.8, 4) is 11.8 Å². The van der Waals surface area contributed by atoms with Crippen molar-refractivity contribution in [1.82, 2.24) is 4.98 Å². The molecule has 1 heterocycles. The minimum Gasteiger partial charge on any atom is -0.479 e. The number of benzene rings is 1. The number of carbonyl (C=O) groups is 1. The van der Waals surface area contributed by atoms with Crippen LogP contribution in [0.1, 0.15) is 10.5 Å². The molecule has 0 unspecified atom stereocenters. The normalized spacial score (nSPS) is 9.60. The molecular formula is C14H10FN3O2. The number of ether oxygens (including phenoxy) is 1. The molecule has 0 spiro atoms. The fraction of sp³-hybridized carbons (Fsp3) is 0.0714. The third kappa shape index (κ3) is 3.53. The Morgan fingerprint density at radius 1 is 1.40 bits per heavy atom. The van der Waals surface area contributed by atoms with Crippen molar-refractivity contribution in [1.29, 1.82) is 5.26 Å². The Bertz CT molecular complexity index is 650. The molecule has 0 saturated carbocycles. The number of rotatable bonds is 4. The summed E-state index contributed by atoms with van der Waals surface area (Å²) in [5.74, 6) is -0.493. The Morgan fingerprint density at radius 2 is 2.25 bits per heavy atom. The van der Waals surface area contributed by atoms with E-state index in [9.17, 15) is 9.18 Å². The largest absolute Gasteiger partial charge is 0.479 e. The van der Waals surface area contributed by atoms with Crippen molar-refractivity contribution in [3.63, 3.8) is 0 Å². The molecular weight excluding hydrogens is 261 g/mol. The summed E-state index contributed by atoms with van der Waals surface area (Å²) in [7, 11) is 0. The van der Waals surface area contributed by atoms with Crippen LogP contribution in [0.2, 0.25) is 0 Å². The van der Waals surface area contributed by atoms with Crippen molar-refractivity contribution >= 4 is 11.6 Å². The van der Waals surface area contributed by atoms with Crippen LogP contribution in [-0.2, 0) is 0 Å². The zero-order chi connectivity index (χ0) is 14.4. The zero-order valence-electron chi connectivity index (χ0n) is 10.3. The van der Waals surface area contributed by atoms with Crippen LogP contribution in [-0.4, -0.2) is 17.5 Å². The summed E-state index contributed by atoms with van der Waals surface area (Å²) < 4.78 is 17.8. The van der Waals surface area contributed by atoms with Gasteiger partial charge < -0.3 is 10.1 Å². The van der Waals surface area contributed by atoms with Crippen LogP contribution < -0.4 is 10.1 Å². The highest BCUT2D eigenvalue weighted by Gasteiger charge is 2.08. The fourth-order valence-electron chi connectivity index (χ4n) is 1.48. The first-order valence-electron chi connectivity index (χ1n) is 5.72. The number of amides is 1. The maximum atomic E-state index is 12.7. The number of halogens is 1. The Morgan fingerprint density at radius 3 is 2.95 bits per heavy atom. The molecule has 1 aromatic carbocycles. The Kier molecular flexibility index (Phi) is 4.24. The van der Waals surface area contributed by atoms with Gasteiger partial charge in [-0.05, 0) is 24.3 Å². The second-order valence-electron chi connectivity index (χ2n) is 3.79. The number of pyridine rings is 1. The summed E-state index contributed by atoms with van der Waals surface area (Å²) in [5, 5.41) is 11.0. The average molecular weight is 271 g/mol. The van der Waals surface area contributed by atoms with Gasteiger partial charge in [-0.2, -0.15) is 5.26 Å². The van der Waals surface area contributed by atoms with E-state index in [0.717, 1.165) is 12.3 Å². The van der Waals surface area contributed by atoms with E-state index in [1.54, 1.807) is 24.3 Å². The molecule has 0 atom stereocenters. The van der Waals surface area contributed by atoms with Crippen LogP contribution in [0.25, 0.3) is 0 Å². The lowest BCUT2D eigenvalue weighted by Gasteiger charge is -2.07. The summed E-state index contributed by atoms with van der Waals surface area (Å²) in [6.45, 7) is -0.0725. The third-order valence-corrected chi connectivity index (χ3v) is 2.36. The molecule has 1 amide bonds. The Labute approximate surface area is 114 Å². The van der Waals surface area contributed by atoms with Crippen LogP contribution in [0.15, 0.2) is 42.6 Å². The molecule has 0 bridgehead atoms. The maximum Gasteiger partial charge on any atom is 0.274 e. The Balaban J connectivity index is 2.07. The Hall–Kier alpha value is -2.94. The van der Waals surface area contributed by atoms with E-state index in [-0.39, 0.29) is 12.3 Å². The molecule has 0 aliphatic heterocycles. The molecule has 2 aromatic rings. The van der Waals surface area contributed by atoms with E-state index in [1.807, 2.05) is 6.07 Å². The summed E-state index contributed by atoms with van der Waals surface area (Å²) in [6.07, 6.45) is 0.974.